The van der Waals surface area contributed by atoms with Gasteiger partial charge in [-0.3, -0.25) is 9.59 Å². The third-order valence-corrected chi connectivity index (χ3v) is 5.93. The van der Waals surface area contributed by atoms with E-state index in [1.54, 1.807) is 37.3 Å². The zero-order chi connectivity index (χ0) is 18.2. The van der Waals surface area contributed by atoms with Gasteiger partial charge in [0.2, 0.25) is 15.9 Å². The topological polar surface area (TPSA) is 83.6 Å². The molecule has 8 heteroatoms. The molecule has 0 unspecified atom stereocenters. The van der Waals surface area contributed by atoms with Crippen LogP contribution < -0.4 is 9.62 Å². The van der Waals surface area contributed by atoms with Crippen LogP contribution in [0.25, 0.3) is 0 Å². The number of nitrogens with one attached hydrogen (secondary N) is 1. The smallest absolute Gasteiger partial charge is 0.255 e. The van der Waals surface area contributed by atoms with Gasteiger partial charge in [-0.15, -0.1) is 0 Å². The van der Waals surface area contributed by atoms with Gasteiger partial charge in [-0.25, -0.2) is 12.7 Å². The molecule has 0 saturated carbocycles. The molecule has 0 radical (unpaired) electrons. The fraction of sp³-hybridized carbons (Fsp3) is 0.176. The molecule has 1 saturated heterocycles. The number of benzene rings is 2. The van der Waals surface area contributed by atoms with E-state index in [0.29, 0.717) is 10.7 Å². The van der Waals surface area contributed by atoms with Crippen LogP contribution in [0.5, 0.6) is 0 Å². The molecule has 0 aliphatic carbocycles. The normalized spacial score (nSPS) is 19.0. The summed E-state index contributed by atoms with van der Waals surface area (Å²) in [6, 6.07) is 12.6. The molecular weight excluding hydrogens is 364 g/mol. The van der Waals surface area contributed by atoms with Crippen LogP contribution in [-0.4, -0.2) is 26.0 Å². The molecule has 0 aromatic heterocycles. The third-order valence-electron chi connectivity index (χ3n) is 3.81. The molecule has 2 amide bonds. The van der Waals surface area contributed by atoms with E-state index in [4.69, 9.17) is 11.6 Å². The zero-order valence-electron chi connectivity index (χ0n) is 13.3. The molecule has 1 fully saturated rings. The van der Waals surface area contributed by atoms with E-state index in [-0.39, 0.29) is 17.0 Å². The standard InChI is InChI=1S/C17H15ClN2O4S/c1-11-10-25(23,24)20(17(11)22)15-4-2-3-12(9-15)16(21)19-14-7-5-13(18)6-8-14/h2-9,11H,10H2,1H3,(H,19,21)/t11-/m0/s1. The van der Waals surface area contributed by atoms with Crippen molar-refractivity contribution in [3.05, 3.63) is 59.1 Å². The van der Waals surface area contributed by atoms with Gasteiger partial charge in [-0.1, -0.05) is 24.6 Å². The quantitative estimate of drug-likeness (QED) is 0.890. The summed E-state index contributed by atoms with van der Waals surface area (Å²) in [6.45, 7) is 1.57. The lowest BCUT2D eigenvalue weighted by molar-refractivity contribution is -0.119. The average Bonchev–Trinajstić information content (AvgIpc) is 2.77. The Morgan fingerprint density at radius 1 is 1.20 bits per heavy atom. The van der Waals surface area contributed by atoms with Gasteiger partial charge < -0.3 is 5.32 Å². The molecular formula is C17H15ClN2O4S. The molecule has 6 nitrogen and oxygen atoms in total. The molecule has 1 atom stereocenters. The summed E-state index contributed by atoms with van der Waals surface area (Å²) in [6.07, 6.45) is 0. The molecule has 130 valence electrons. The van der Waals surface area contributed by atoms with Gasteiger partial charge in [0, 0.05) is 16.3 Å². The van der Waals surface area contributed by atoms with E-state index < -0.39 is 27.8 Å². The van der Waals surface area contributed by atoms with Crippen molar-refractivity contribution in [2.75, 3.05) is 15.4 Å². The predicted molar refractivity (Wildman–Crippen MR) is 96.3 cm³/mol. The highest BCUT2D eigenvalue weighted by atomic mass is 35.5. The lowest BCUT2D eigenvalue weighted by atomic mass is 10.1. The van der Waals surface area contributed by atoms with E-state index in [1.165, 1.54) is 18.2 Å². The van der Waals surface area contributed by atoms with E-state index in [1.807, 2.05) is 0 Å². The first-order valence-electron chi connectivity index (χ1n) is 7.52. The van der Waals surface area contributed by atoms with Crippen molar-refractivity contribution in [3.8, 4) is 0 Å². The number of amides is 2. The van der Waals surface area contributed by atoms with Crippen molar-refractivity contribution in [2.45, 2.75) is 6.92 Å². The number of nitrogens with zero attached hydrogens (tertiary/aromatic N) is 1. The van der Waals surface area contributed by atoms with E-state index >= 15 is 0 Å². The minimum absolute atomic E-state index is 0.165. The number of carbonyl (C=O) groups is 2. The Balaban J connectivity index is 1.88. The Morgan fingerprint density at radius 3 is 2.48 bits per heavy atom. The number of hydrogen-bond donors (Lipinski definition) is 1. The molecule has 2 aromatic carbocycles. The monoisotopic (exact) mass is 378 g/mol. The molecule has 0 bridgehead atoms. The Labute approximate surface area is 150 Å². The highest BCUT2D eigenvalue weighted by Gasteiger charge is 2.42. The van der Waals surface area contributed by atoms with Gasteiger partial charge >= 0.3 is 0 Å². The number of carbonyl (C=O) groups excluding carboxylic acids is 2. The largest absolute Gasteiger partial charge is 0.322 e. The van der Waals surface area contributed by atoms with Gasteiger partial charge in [0.15, 0.2) is 0 Å². The van der Waals surface area contributed by atoms with Gasteiger partial charge in [0.1, 0.15) is 0 Å². The first-order chi connectivity index (χ1) is 11.8. The van der Waals surface area contributed by atoms with Gasteiger partial charge in [0.05, 0.1) is 17.4 Å². The van der Waals surface area contributed by atoms with Gasteiger partial charge in [0.25, 0.3) is 5.91 Å². The summed E-state index contributed by atoms with van der Waals surface area (Å²) >= 11 is 5.80. The highest BCUT2D eigenvalue weighted by molar-refractivity contribution is 7.94. The van der Waals surface area contributed by atoms with Crippen LogP contribution in [0.15, 0.2) is 48.5 Å². The maximum atomic E-state index is 12.4. The SMILES string of the molecule is C[C@H]1CS(=O)(=O)N(c2cccc(C(=O)Nc3ccc(Cl)cc3)c2)C1=O. The van der Waals surface area contributed by atoms with E-state index in [0.717, 1.165) is 4.31 Å². The Kier molecular flexibility index (Phi) is 4.53. The highest BCUT2D eigenvalue weighted by Crippen LogP contribution is 2.29. The molecule has 0 spiro atoms. The van der Waals surface area contributed by atoms with Crippen molar-refractivity contribution in [1.29, 1.82) is 0 Å². The molecule has 3 rings (SSSR count). The Hall–Kier alpha value is -2.38. The molecule has 2 aromatic rings. The summed E-state index contributed by atoms with van der Waals surface area (Å²) in [4.78, 5) is 24.5. The predicted octanol–water partition coefficient (Wildman–Crippen LogP) is 2.90. The summed E-state index contributed by atoms with van der Waals surface area (Å²) in [5, 5.41) is 3.24. The maximum absolute atomic E-state index is 12.4. The lowest BCUT2D eigenvalue weighted by Crippen LogP contribution is -2.30. The number of rotatable bonds is 3. The number of sulfonamides is 1. The number of halogens is 1. The van der Waals surface area contributed by atoms with Crippen molar-refractivity contribution in [2.24, 2.45) is 5.92 Å². The Morgan fingerprint density at radius 2 is 1.88 bits per heavy atom. The van der Waals surface area contributed by atoms with Crippen LogP contribution in [-0.2, 0) is 14.8 Å². The van der Waals surface area contributed by atoms with Crippen molar-refractivity contribution in [1.82, 2.24) is 0 Å². The fourth-order valence-corrected chi connectivity index (χ4v) is 4.54. The van der Waals surface area contributed by atoms with Crippen molar-refractivity contribution >= 4 is 44.8 Å². The van der Waals surface area contributed by atoms with E-state index in [2.05, 4.69) is 5.32 Å². The van der Waals surface area contributed by atoms with Crippen LogP contribution in [0.1, 0.15) is 17.3 Å². The first kappa shape index (κ1) is 17.4. The van der Waals surface area contributed by atoms with Crippen LogP contribution in [0.4, 0.5) is 11.4 Å². The molecule has 1 aliphatic rings. The van der Waals surface area contributed by atoms with Crippen molar-refractivity contribution < 1.29 is 18.0 Å². The second kappa shape index (κ2) is 6.50. The average molecular weight is 379 g/mol. The fourth-order valence-electron chi connectivity index (χ4n) is 2.60. The van der Waals surface area contributed by atoms with Crippen LogP contribution in [0.3, 0.4) is 0 Å². The molecule has 25 heavy (non-hydrogen) atoms. The zero-order valence-corrected chi connectivity index (χ0v) is 14.8. The number of anilines is 2. The summed E-state index contributed by atoms with van der Waals surface area (Å²) in [5.41, 5.74) is 0.964. The van der Waals surface area contributed by atoms with Gasteiger partial charge in [-0.2, -0.15) is 0 Å². The van der Waals surface area contributed by atoms with E-state index in [9.17, 15) is 18.0 Å². The first-order valence-corrected chi connectivity index (χ1v) is 9.50. The molecule has 1 heterocycles. The summed E-state index contributed by atoms with van der Waals surface area (Å²) < 4.78 is 25.1. The molecule has 1 aliphatic heterocycles. The second-order valence-electron chi connectivity index (χ2n) is 5.79. The third kappa shape index (κ3) is 3.52. The van der Waals surface area contributed by atoms with Crippen LogP contribution >= 0.6 is 11.6 Å². The Bertz CT molecular complexity index is 941. The van der Waals surface area contributed by atoms with Gasteiger partial charge in [-0.05, 0) is 42.5 Å². The minimum atomic E-state index is -3.71. The lowest BCUT2D eigenvalue weighted by Gasteiger charge is -2.16. The molecule has 1 N–H and O–H groups in total. The summed E-state index contributed by atoms with van der Waals surface area (Å²) in [5.74, 6) is -1.74. The minimum Gasteiger partial charge on any atom is -0.322 e. The second-order valence-corrected chi connectivity index (χ2v) is 8.09. The van der Waals surface area contributed by atoms with Crippen LogP contribution in [0, 0.1) is 5.92 Å². The number of hydrogen-bond acceptors (Lipinski definition) is 4. The van der Waals surface area contributed by atoms with Crippen LogP contribution in [0.2, 0.25) is 5.02 Å². The maximum Gasteiger partial charge on any atom is 0.255 e. The van der Waals surface area contributed by atoms with Crippen molar-refractivity contribution in [3.63, 3.8) is 0 Å². The summed E-state index contributed by atoms with van der Waals surface area (Å²) in [7, 11) is -3.71.